The Hall–Kier alpha value is 0. The van der Waals surface area contributed by atoms with Gasteiger partial charge in [0, 0.05) is 0 Å². The molecule has 0 spiro atoms. The van der Waals surface area contributed by atoms with Crippen LogP contribution in [0.15, 0.2) is 0 Å². The van der Waals surface area contributed by atoms with Gasteiger partial charge in [0.25, 0.3) is 0 Å². The zero-order valence-electron chi connectivity index (χ0n) is 14.9. The maximum Gasteiger partial charge on any atom is -0.0443 e. The van der Waals surface area contributed by atoms with Gasteiger partial charge in [-0.05, 0) is 5.92 Å². The van der Waals surface area contributed by atoms with Crippen LogP contribution in [-0.4, -0.2) is 0 Å². The molecule has 0 aliphatic rings. The van der Waals surface area contributed by atoms with Gasteiger partial charge in [-0.15, -0.1) is 0 Å². The first-order chi connectivity index (χ1) is 9.81. The fourth-order valence-corrected chi connectivity index (χ4v) is 3.04. The second kappa shape index (κ2) is 17.1. The van der Waals surface area contributed by atoms with Gasteiger partial charge in [0.15, 0.2) is 0 Å². The number of rotatable bonds is 16. The Morgan fingerprint density at radius 2 is 0.750 bits per heavy atom. The average molecular weight is 283 g/mol. The lowest BCUT2D eigenvalue weighted by atomic mass is 9.96. The number of hydrogen-bond acceptors (Lipinski definition) is 0. The molecule has 0 amide bonds. The van der Waals surface area contributed by atoms with E-state index < -0.39 is 0 Å². The van der Waals surface area contributed by atoms with Crippen LogP contribution in [0.25, 0.3) is 0 Å². The third kappa shape index (κ3) is 16.1. The Labute approximate surface area is 130 Å². The summed E-state index contributed by atoms with van der Waals surface area (Å²) in [5.41, 5.74) is 0. The van der Waals surface area contributed by atoms with Gasteiger partial charge in [0.05, 0.1) is 0 Å². The van der Waals surface area contributed by atoms with Crippen molar-refractivity contribution in [3.05, 3.63) is 0 Å². The minimum absolute atomic E-state index is 0.973. The number of hydrogen-bond donors (Lipinski definition) is 0. The highest BCUT2D eigenvalue weighted by atomic mass is 14.1. The van der Waals surface area contributed by atoms with Crippen LogP contribution in [0.1, 0.15) is 124 Å². The lowest BCUT2D eigenvalue weighted by Crippen LogP contribution is -1.95. The van der Waals surface area contributed by atoms with Gasteiger partial charge < -0.3 is 0 Å². The van der Waals surface area contributed by atoms with Gasteiger partial charge in [0.2, 0.25) is 0 Å². The second-order valence-corrected chi connectivity index (χ2v) is 6.93. The molecule has 0 heterocycles. The molecule has 122 valence electrons. The molecule has 0 aliphatic heterocycles. The van der Waals surface area contributed by atoms with Crippen LogP contribution >= 0.6 is 0 Å². The second-order valence-electron chi connectivity index (χ2n) is 6.93. The molecule has 0 aromatic heterocycles. The molecular weight excluding hydrogens is 240 g/mol. The molecule has 0 bridgehead atoms. The van der Waals surface area contributed by atoms with E-state index in [2.05, 4.69) is 20.8 Å². The van der Waals surface area contributed by atoms with Crippen molar-refractivity contribution in [2.24, 2.45) is 5.92 Å². The summed E-state index contributed by atoms with van der Waals surface area (Å²) in [5.74, 6) is 0.973. The van der Waals surface area contributed by atoms with Crippen molar-refractivity contribution >= 4 is 0 Å². The summed E-state index contributed by atoms with van der Waals surface area (Å²) in [5, 5.41) is 0. The van der Waals surface area contributed by atoms with E-state index in [1.54, 1.807) is 0 Å². The zero-order chi connectivity index (χ0) is 14.9. The molecule has 0 rings (SSSR count). The summed E-state index contributed by atoms with van der Waals surface area (Å²) in [6.45, 7) is 7.06. The van der Waals surface area contributed by atoms with E-state index in [-0.39, 0.29) is 0 Å². The lowest BCUT2D eigenvalue weighted by Gasteiger charge is -2.11. The molecule has 1 unspecified atom stereocenters. The van der Waals surface area contributed by atoms with Crippen molar-refractivity contribution < 1.29 is 0 Å². The minimum atomic E-state index is 0.973. The van der Waals surface area contributed by atoms with E-state index in [1.807, 2.05) is 0 Å². The summed E-state index contributed by atoms with van der Waals surface area (Å²) in [4.78, 5) is 0. The maximum absolute atomic E-state index is 2.46. The average Bonchev–Trinajstić information content (AvgIpc) is 2.45. The first-order valence-electron chi connectivity index (χ1n) is 9.81. The molecule has 0 N–H and O–H groups in total. The van der Waals surface area contributed by atoms with Crippen molar-refractivity contribution in [3.63, 3.8) is 0 Å². The Morgan fingerprint density at radius 3 is 1.10 bits per heavy atom. The standard InChI is InChI=1S/C20H42/c1-4-6-8-10-11-12-13-15-17-19-20(3)18-16-14-9-7-5-2/h20H,4-19H2,1-3H3. The van der Waals surface area contributed by atoms with Crippen LogP contribution in [0.5, 0.6) is 0 Å². The fourth-order valence-electron chi connectivity index (χ4n) is 3.04. The lowest BCUT2D eigenvalue weighted by molar-refractivity contribution is 0.431. The molecule has 0 aromatic carbocycles. The van der Waals surface area contributed by atoms with Crippen LogP contribution in [-0.2, 0) is 0 Å². The Bertz CT molecular complexity index is 161. The third-order valence-corrected chi connectivity index (χ3v) is 4.60. The van der Waals surface area contributed by atoms with E-state index in [1.165, 1.54) is 103 Å². The molecule has 0 aromatic rings. The molecule has 20 heavy (non-hydrogen) atoms. The highest BCUT2D eigenvalue weighted by molar-refractivity contribution is 4.55. The molecule has 0 heteroatoms. The number of unbranched alkanes of at least 4 members (excludes halogenated alkanes) is 12. The van der Waals surface area contributed by atoms with Crippen molar-refractivity contribution in [1.82, 2.24) is 0 Å². The quantitative estimate of drug-likeness (QED) is 0.252. The maximum atomic E-state index is 2.46. The summed E-state index contributed by atoms with van der Waals surface area (Å²) < 4.78 is 0. The monoisotopic (exact) mass is 282 g/mol. The van der Waals surface area contributed by atoms with Gasteiger partial charge >= 0.3 is 0 Å². The van der Waals surface area contributed by atoms with Crippen LogP contribution in [0, 0.1) is 5.92 Å². The van der Waals surface area contributed by atoms with E-state index in [9.17, 15) is 0 Å². The molecule has 0 saturated heterocycles. The van der Waals surface area contributed by atoms with Crippen molar-refractivity contribution in [2.45, 2.75) is 124 Å². The van der Waals surface area contributed by atoms with Crippen LogP contribution in [0.3, 0.4) is 0 Å². The topological polar surface area (TPSA) is 0 Å². The van der Waals surface area contributed by atoms with Gasteiger partial charge in [-0.1, -0.05) is 124 Å². The smallest absolute Gasteiger partial charge is 0.0443 e. The first-order valence-corrected chi connectivity index (χ1v) is 9.81. The Kier molecular flexibility index (Phi) is 17.1. The summed E-state index contributed by atoms with van der Waals surface area (Å²) in [6, 6.07) is 0. The van der Waals surface area contributed by atoms with Crippen molar-refractivity contribution in [3.8, 4) is 0 Å². The van der Waals surface area contributed by atoms with Gasteiger partial charge in [-0.25, -0.2) is 0 Å². The third-order valence-electron chi connectivity index (χ3n) is 4.60. The zero-order valence-corrected chi connectivity index (χ0v) is 14.9. The minimum Gasteiger partial charge on any atom is -0.0654 e. The van der Waals surface area contributed by atoms with Gasteiger partial charge in [0.1, 0.15) is 0 Å². The molecular formula is C20H42. The molecule has 0 aliphatic carbocycles. The van der Waals surface area contributed by atoms with E-state index >= 15 is 0 Å². The predicted octanol–water partition coefficient (Wildman–Crippen LogP) is 7.90. The summed E-state index contributed by atoms with van der Waals surface area (Å²) in [6.07, 6.45) is 23.3. The first kappa shape index (κ1) is 20.0. The van der Waals surface area contributed by atoms with E-state index in [0.717, 1.165) is 5.92 Å². The van der Waals surface area contributed by atoms with Crippen molar-refractivity contribution in [1.29, 1.82) is 0 Å². The molecule has 0 saturated carbocycles. The van der Waals surface area contributed by atoms with E-state index in [4.69, 9.17) is 0 Å². The Morgan fingerprint density at radius 1 is 0.450 bits per heavy atom. The van der Waals surface area contributed by atoms with E-state index in [0.29, 0.717) is 0 Å². The SMILES string of the molecule is CCCCCCCCCCCC(C)CCCCCCC. The largest absolute Gasteiger partial charge is 0.0654 e. The van der Waals surface area contributed by atoms with Crippen LogP contribution in [0.4, 0.5) is 0 Å². The molecule has 0 fully saturated rings. The highest BCUT2D eigenvalue weighted by Crippen LogP contribution is 2.18. The molecule has 0 radical (unpaired) electrons. The normalized spacial score (nSPS) is 12.8. The fraction of sp³-hybridized carbons (Fsp3) is 1.00. The van der Waals surface area contributed by atoms with Crippen molar-refractivity contribution in [2.75, 3.05) is 0 Å². The van der Waals surface area contributed by atoms with Crippen LogP contribution in [0.2, 0.25) is 0 Å². The van der Waals surface area contributed by atoms with Gasteiger partial charge in [-0.2, -0.15) is 0 Å². The highest BCUT2D eigenvalue weighted by Gasteiger charge is 2.01. The Balaban J connectivity index is 3.09. The summed E-state index contributed by atoms with van der Waals surface area (Å²) in [7, 11) is 0. The molecule has 0 nitrogen and oxygen atoms in total. The summed E-state index contributed by atoms with van der Waals surface area (Å²) >= 11 is 0. The predicted molar refractivity (Wildman–Crippen MR) is 94.4 cm³/mol. The van der Waals surface area contributed by atoms with Crippen LogP contribution < -0.4 is 0 Å². The van der Waals surface area contributed by atoms with Gasteiger partial charge in [-0.3, -0.25) is 0 Å². The molecule has 1 atom stereocenters.